The van der Waals surface area contributed by atoms with Crippen LogP contribution < -0.4 is 19.5 Å². The van der Waals surface area contributed by atoms with E-state index in [-0.39, 0.29) is 5.41 Å². The Hall–Kier alpha value is -7.17. The molecule has 0 spiro atoms. The molecule has 6 heteroatoms. The number of benzene rings is 9. The smallest absolute Gasteiger partial charge is 0.301 e. The van der Waals surface area contributed by atoms with Crippen LogP contribution in [0.3, 0.4) is 0 Å². The van der Waals surface area contributed by atoms with E-state index in [4.69, 9.17) is 0 Å². The van der Waals surface area contributed by atoms with Crippen molar-refractivity contribution in [2.75, 3.05) is 14.2 Å². The van der Waals surface area contributed by atoms with Gasteiger partial charge in [0.15, 0.2) is 0 Å². The fourth-order valence-electron chi connectivity index (χ4n) is 9.99. The van der Waals surface area contributed by atoms with Crippen molar-refractivity contribution < 1.29 is 4.57 Å². The van der Waals surface area contributed by atoms with Crippen LogP contribution in [-0.4, -0.2) is 0 Å². The summed E-state index contributed by atoms with van der Waals surface area (Å²) in [7, 11) is -3.47. The zero-order valence-electron chi connectivity index (χ0n) is 34.9. The SMILES string of the molecule is CC1(C)c2ccccc2-c2ccc(N(c3ccc(-c4ccc5c(c4)N(c4ccccc4)P(=O)(c4ccccc4)N5c4ccccc4)cc3)c3cccc4c3sc3ccccc34)cc21. The lowest BCUT2D eigenvalue weighted by atomic mass is 9.82. The zero-order chi connectivity index (χ0) is 42.3. The first-order chi connectivity index (χ1) is 30.9. The Bertz CT molecular complexity index is 3420. The van der Waals surface area contributed by atoms with E-state index in [0.29, 0.717) is 0 Å². The van der Waals surface area contributed by atoms with Crippen LogP contribution in [0.25, 0.3) is 42.4 Å². The summed E-state index contributed by atoms with van der Waals surface area (Å²) in [6.07, 6.45) is 0. The zero-order valence-corrected chi connectivity index (χ0v) is 36.6. The molecule has 9 aromatic carbocycles. The van der Waals surface area contributed by atoms with Crippen molar-refractivity contribution in [1.29, 1.82) is 0 Å². The Balaban J connectivity index is 1.01. The van der Waals surface area contributed by atoms with Gasteiger partial charge in [0.2, 0.25) is 0 Å². The molecule has 2 aliphatic rings. The first-order valence-corrected chi connectivity index (χ1v) is 23.9. The van der Waals surface area contributed by atoms with Crippen molar-refractivity contribution in [2.45, 2.75) is 19.3 Å². The molecular formula is C57H42N3OPS. The van der Waals surface area contributed by atoms with E-state index in [1.54, 1.807) is 0 Å². The third-order valence-electron chi connectivity index (χ3n) is 13.0. The monoisotopic (exact) mass is 847 g/mol. The van der Waals surface area contributed by atoms with Crippen LogP contribution in [0.4, 0.5) is 39.8 Å². The molecule has 1 atom stereocenters. The molecule has 63 heavy (non-hydrogen) atoms. The molecule has 0 fully saturated rings. The summed E-state index contributed by atoms with van der Waals surface area (Å²) in [6.45, 7) is 4.70. The van der Waals surface area contributed by atoms with E-state index in [1.165, 1.54) is 42.4 Å². The second-order valence-corrected chi connectivity index (χ2v) is 20.4. The largest absolute Gasteiger partial charge is 0.309 e. The normalized spacial score (nSPS) is 16.0. The molecule has 0 bridgehead atoms. The van der Waals surface area contributed by atoms with Crippen LogP contribution in [0.2, 0.25) is 0 Å². The van der Waals surface area contributed by atoms with Crippen LogP contribution in [-0.2, 0) is 9.98 Å². The Labute approximate surface area is 372 Å². The quantitative estimate of drug-likeness (QED) is 0.149. The molecule has 0 amide bonds. The van der Waals surface area contributed by atoms with E-state index in [9.17, 15) is 0 Å². The lowest BCUT2D eigenvalue weighted by molar-refractivity contribution is 0.582. The van der Waals surface area contributed by atoms with Crippen molar-refractivity contribution in [2.24, 2.45) is 0 Å². The van der Waals surface area contributed by atoms with Gasteiger partial charge < -0.3 is 4.90 Å². The number of rotatable bonds is 7. The fourth-order valence-corrected chi connectivity index (χ4v) is 14.2. The number of para-hydroxylation sites is 2. The van der Waals surface area contributed by atoms with E-state index in [1.807, 2.05) is 90.2 Å². The molecular weight excluding hydrogens is 806 g/mol. The third-order valence-corrected chi connectivity index (χ3v) is 17.1. The maximum atomic E-state index is 16.1. The van der Waals surface area contributed by atoms with Crippen LogP contribution in [0, 0.1) is 0 Å². The molecule has 10 aromatic rings. The van der Waals surface area contributed by atoms with Gasteiger partial charge >= 0.3 is 7.44 Å². The summed E-state index contributed by atoms with van der Waals surface area (Å²) in [5, 5.41) is 3.32. The maximum Gasteiger partial charge on any atom is 0.301 e. The summed E-state index contributed by atoms with van der Waals surface area (Å²) < 4.78 is 22.8. The molecule has 1 aromatic heterocycles. The minimum absolute atomic E-state index is 0.136. The highest BCUT2D eigenvalue weighted by molar-refractivity contribution is 7.76. The highest BCUT2D eigenvalue weighted by Crippen LogP contribution is 2.70. The molecule has 0 N–H and O–H groups in total. The molecule has 12 rings (SSSR count). The molecule has 0 saturated carbocycles. The Morgan fingerprint density at radius 1 is 0.476 bits per heavy atom. The van der Waals surface area contributed by atoms with Crippen LogP contribution in [0.1, 0.15) is 25.0 Å². The first-order valence-electron chi connectivity index (χ1n) is 21.5. The molecule has 4 nitrogen and oxygen atoms in total. The van der Waals surface area contributed by atoms with Crippen molar-refractivity contribution in [3.63, 3.8) is 0 Å². The van der Waals surface area contributed by atoms with Crippen LogP contribution >= 0.6 is 18.8 Å². The van der Waals surface area contributed by atoms with Gasteiger partial charge in [0.25, 0.3) is 0 Å². The molecule has 302 valence electrons. The van der Waals surface area contributed by atoms with Gasteiger partial charge in [0.1, 0.15) is 0 Å². The van der Waals surface area contributed by atoms with E-state index < -0.39 is 7.44 Å². The number of hydrogen-bond acceptors (Lipinski definition) is 3. The molecule has 1 unspecified atom stereocenters. The Morgan fingerprint density at radius 3 is 1.81 bits per heavy atom. The summed E-state index contributed by atoms with van der Waals surface area (Å²) in [5.41, 5.74) is 14.2. The van der Waals surface area contributed by atoms with E-state index >= 15 is 4.57 Å². The van der Waals surface area contributed by atoms with Crippen molar-refractivity contribution in [3.8, 4) is 22.3 Å². The van der Waals surface area contributed by atoms with Gasteiger partial charge in [-0.15, -0.1) is 11.3 Å². The van der Waals surface area contributed by atoms with Gasteiger partial charge in [0.05, 0.1) is 27.1 Å². The molecule has 2 heterocycles. The van der Waals surface area contributed by atoms with Crippen molar-refractivity contribution >= 4 is 84.1 Å². The molecule has 1 aliphatic carbocycles. The first kappa shape index (κ1) is 37.6. The average Bonchev–Trinajstić information content (AvgIpc) is 3.93. The van der Waals surface area contributed by atoms with Gasteiger partial charge in [-0.25, -0.2) is 0 Å². The van der Waals surface area contributed by atoms with Crippen molar-refractivity contribution in [1.82, 2.24) is 0 Å². The average molecular weight is 848 g/mol. The molecule has 1 aliphatic heterocycles. The summed E-state index contributed by atoms with van der Waals surface area (Å²) in [5.74, 6) is 0. The van der Waals surface area contributed by atoms with Gasteiger partial charge in [-0.3, -0.25) is 13.9 Å². The van der Waals surface area contributed by atoms with Crippen LogP contribution in [0.5, 0.6) is 0 Å². The van der Waals surface area contributed by atoms with Crippen LogP contribution in [0.15, 0.2) is 218 Å². The van der Waals surface area contributed by atoms with E-state index in [0.717, 1.165) is 56.2 Å². The lowest BCUT2D eigenvalue weighted by Crippen LogP contribution is -2.26. The molecule has 0 radical (unpaired) electrons. The topological polar surface area (TPSA) is 26.8 Å². The highest BCUT2D eigenvalue weighted by Gasteiger charge is 2.49. The second-order valence-electron chi connectivity index (χ2n) is 16.9. The van der Waals surface area contributed by atoms with E-state index in [2.05, 4.69) is 168 Å². The number of fused-ring (bicyclic) bond motifs is 7. The number of anilines is 7. The van der Waals surface area contributed by atoms with Gasteiger partial charge in [-0.1, -0.05) is 147 Å². The molecule has 0 saturated heterocycles. The fraction of sp³-hybridized carbons (Fsp3) is 0.0526. The Morgan fingerprint density at radius 2 is 1.06 bits per heavy atom. The maximum absolute atomic E-state index is 16.1. The summed E-state index contributed by atoms with van der Waals surface area (Å²) in [6, 6.07) is 77.0. The lowest BCUT2D eigenvalue weighted by Gasteiger charge is -2.33. The van der Waals surface area contributed by atoms with Gasteiger partial charge in [-0.2, -0.15) is 0 Å². The number of nitrogens with zero attached hydrogens (tertiary/aromatic N) is 3. The standard InChI is InChI=1S/C57H42N3OPS/c1-57(2)50-26-14-12-23-46(50)47-35-34-44(38-51(47)57)58(53-27-16-25-49-48-24-13-15-28-55(48)63-56(49)53)41-32-29-39(30-33-41)40-31-36-52-54(37-40)60(43-19-8-4-9-20-43)62(61,45-21-10-5-11-22-45)59(52)42-17-6-3-7-18-42/h3-38H,1-2H3. The minimum atomic E-state index is -3.47. The number of hydrogen-bond donors (Lipinski definition) is 0. The highest BCUT2D eigenvalue weighted by atomic mass is 32.1. The van der Waals surface area contributed by atoms with Gasteiger partial charge in [-0.05, 0) is 118 Å². The summed E-state index contributed by atoms with van der Waals surface area (Å²) in [4.78, 5) is 2.44. The predicted molar refractivity (Wildman–Crippen MR) is 268 cm³/mol. The second kappa shape index (κ2) is 14.5. The Kier molecular flexibility index (Phi) is 8.62. The number of thiophene rings is 1. The summed E-state index contributed by atoms with van der Waals surface area (Å²) >= 11 is 1.85. The third kappa shape index (κ3) is 5.77. The predicted octanol–water partition coefficient (Wildman–Crippen LogP) is 16.3. The minimum Gasteiger partial charge on any atom is -0.309 e. The van der Waals surface area contributed by atoms with Crippen molar-refractivity contribution in [3.05, 3.63) is 230 Å². The van der Waals surface area contributed by atoms with Gasteiger partial charge in [0, 0.05) is 43.6 Å².